The predicted molar refractivity (Wildman–Crippen MR) is 93.2 cm³/mol. The van der Waals surface area contributed by atoms with Gasteiger partial charge in [0.2, 0.25) is 0 Å². The highest BCUT2D eigenvalue weighted by Gasteiger charge is 2.67. The Kier molecular flexibility index (Phi) is 3.37. The zero-order chi connectivity index (χ0) is 17.4. The summed E-state index contributed by atoms with van der Waals surface area (Å²) in [4.78, 5) is 12.7. The van der Waals surface area contributed by atoms with Crippen LogP contribution in [0.15, 0.2) is 12.2 Å². The Morgan fingerprint density at radius 1 is 1.04 bits per heavy atom. The van der Waals surface area contributed by atoms with Gasteiger partial charge in [-0.3, -0.25) is 4.79 Å². The van der Waals surface area contributed by atoms with Gasteiger partial charge in [-0.05, 0) is 80.0 Å². The van der Waals surface area contributed by atoms with Crippen molar-refractivity contribution in [3.05, 3.63) is 12.2 Å². The summed E-state index contributed by atoms with van der Waals surface area (Å²) in [7, 11) is 1.46. The molecule has 1 spiro atoms. The van der Waals surface area contributed by atoms with E-state index in [1.165, 1.54) is 26.4 Å². The summed E-state index contributed by atoms with van der Waals surface area (Å²) >= 11 is 0. The number of ether oxygens (including phenoxy) is 1. The first-order valence-corrected chi connectivity index (χ1v) is 9.67. The van der Waals surface area contributed by atoms with Crippen LogP contribution in [-0.4, -0.2) is 24.3 Å². The summed E-state index contributed by atoms with van der Waals surface area (Å²) in [6.07, 6.45) is 12.2. The molecule has 2 bridgehead atoms. The fourth-order valence-electron chi connectivity index (χ4n) is 7.54. The van der Waals surface area contributed by atoms with Crippen molar-refractivity contribution in [2.24, 2.45) is 33.5 Å². The average Bonchev–Trinajstić information content (AvgIpc) is 2.80. The van der Waals surface area contributed by atoms with Crippen LogP contribution in [0.3, 0.4) is 0 Å². The molecule has 0 aliphatic heterocycles. The standard InChI is InChI=1S/C21H32O3/c1-18-8-5-15-19(2)9-7-16(22)20(3,17(23)24-4)14(19)6-10-21(15,13-18)12-11-18/h11-12,14-16,22H,5-10,13H2,1-4H3. The Morgan fingerprint density at radius 3 is 2.46 bits per heavy atom. The maximum absolute atomic E-state index is 12.7. The van der Waals surface area contributed by atoms with E-state index >= 15 is 0 Å². The molecule has 3 fully saturated rings. The molecule has 7 atom stereocenters. The zero-order valence-electron chi connectivity index (χ0n) is 15.6. The molecule has 4 aliphatic rings. The first kappa shape index (κ1) is 16.6. The molecule has 4 aliphatic carbocycles. The monoisotopic (exact) mass is 332 g/mol. The van der Waals surface area contributed by atoms with Crippen LogP contribution in [0.4, 0.5) is 0 Å². The molecule has 4 rings (SSSR count). The highest BCUT2D eigenvalue weighted by atomic mass is 16.5. The molecule has 0 saturated heterocycles. The molecule has 0 aromatic carbocycles. The molecule has 3 saturated carbocycles. The molecule has 3 nitrogen and oxygen atoms in total. The summed E-state index contributed by atoms with van der Waals surface area (Å²) in [5, 5.41) is 10.7. The van der Waals surface area contributed by atoms with Gasteiger partial charge in [0.1, 0.15) is 0 Å². The fourth-order valence-corrected chi connectivity index (χ4v) is 7.54. The predicted octanol–water partition coefficient (Wildman–Crippen LogP) is 4.10. The average molecular weight is 332 g/mol. The van der Waals surface area contributed by atoms with Crippen LogP contribution in [0.5, 0.6) is 0 Å². The molecule has 1 N–H and O–H groups in total. The van der Waals surface area contributed by atoms with E-state index in [1.54, 1.807) is 0 Å². The van der Waals surface area contributed by atoms with Gasteiger partial charge in [-0.25, -0.2) is 0 Å². The summed E-state index contributed by atoms with van der Waals surface area (Å²) in [6.45, 7) is 6.78. The summed E-state index contributed by atoms with van der Waals surface area (Å²) in [6, 6.07) is 0. The molecule has 24 heavy (non-hydrogen) atoms. The second-order valence-electron chi connectivity index (χ2n) is 9.91. The molecule has 0 radical (unpaired) electrons. The largest absolute Gasteiger partial charge is 0.469 e. The number of aliphatic hydroxyl groups excluding tert-OH is 1. The Bertz CT molecular complexity index is 598. The van der Waals surface area contributed by atoms with Gasteiger partial charge in [-0.2, -0.15) is 0 Å². The number of esters is 1. The van der Waals surface area contributed by atoms with E-state index in [2.05, 4.69) is 26.0 Å². The third-order valence-electron chi connectivity index (χ3n) is 8.74. The molecule has 134 valence electrons. The van der Waals surface area contributed by atoms with E-state index in [0.717, 1.165) is 19.3 Å². The number of carbonyl (C=O) groups is 1. The minimum absolute atomic E-state index is 0.121. The number of aliphatic hydroxyl groups is 1. The van der Waals surface area contributed by atoms with E-state index in [-0.39, 0.29) is 17.3 Å². The van der Waals surface area contributed by atoms with Gasteiger partial charge in [0, 0.05) is 0 Å². The molecular formula is C21H32O3. The van der Waals surface area contributed by atoms with Gasteiger partial charge >= 0.3 is 5.97 Å². The maximum atomic E-state index is 12.7. The van der Waals surface area contributed by atoms with Gasteiger partial charge in [0.05, 0.1) is 18.6 Å². The third-order valence-corrected chi connectivity index (χ3v) is 8.74. The van der Waals surface area contributed by atoms with E-state index in [1.807, 2.05) is 6.92 Å². The fraction of sp³-hybridized carbons (Fsp3) is 0.857. The quantitative estimate of drug-likeness (QED) is 0.581. The van der Waals surface area contributed by atoms with Crippen LogP contribution in [0.1, 0.15) is 65.7 Å². The van der Waals surface area contributed by atoms with Gasteiger partial charge in [0.15, 0.2) is 0 Å². The molecule has 0 aromatic heterocycles. The van der Waals surface area contributed by atoms with E-state index in [4.69, 9.17) is 4.74 Å². The van der Waals surface area contributed by atoms with E-state index in [0.29, 0.717) is 23.2 Å². The second kappa shape index (κ2) is 4.87. The Morgan fingerprint density at radius 2 is 1.75 bits per heavy atom. The zero-order valence-corrected chi connectivity index (χ0v) is 15.6. The normalized spacial score (nSPS) is 55.6. The highest BCUT2D eigenvalue weighted by Crippen LogP contribution is 2.71. The van der Waals surface area contributed by atoms with Crippen LogP contribution in [0.2, 0.25) is 0 Å². The summed E-state index contributed by atoms with van der Waals surface area (Å²) in [5.74, 6) is 0.631. The highest BCUT2D eigenvalue weighted by molar-refractivity contribution is 5.78. The number of rotatable bonds is 1. The lowest BCUT2D eigenvalue weighted by Crippen LogP contribution is -2.62. The summed E-state index contributed by atoms with van der Waals surface area (Å²) < 4.78 is 5.16. The Hall–Kier alpha value is -0.830. The smallest absolute Gasteiger partial charge is 0.314 e. The van der Waals surface area contributed by atoms with E-state index in [9.17, 15) is 9.90 Å². The minimum Gasteiger partial charge on any atom is -0.469 e. The number of allylic oxidation sites excluding steroid dienone is 2. The van der Waals surface area contributed by atoms with Crippen LogP contribution < -0.4 is 0 Å². The van der Waals surface area contributed by atoms with Gasteiger partial charge in [-0.15, -0.1) is 0 Å². The number of fused-ring (bicyclic) bond motifs is 3. The second-order valence-corrected chi connectivity index (χ2v) is 9.91. The number of hydrogen-bond acceptors (Lipinski definition) is 3. The van der Waals surface area contributed by atoms with Gasteiger partial charge < -0.3 is 9.84 Å². The molecule has 0 heterocycles. The van der Waals surface area contributed by atoms with Crippen molar-refractivity contribution in [3.63, 3.8) is 0 Å². The first-order chi connectivity index (χ1) is 11.2. The molecule has 0 amide bonds. The lowest BCUT2D eigenvalue weighted by molar-refractivity contribution is -0.204. The van der Waals surface area contributed by atoms with Gasteiger partial charge in [0.25, 0.3) is 0 Å². The maximum Gasteiger partial charge on any atom is 0.314 e. The Balaban J connectivity index is 1.76. The molecule has 7 unspecified atom stereocenters. The van der Waals surface area contributed by atoms with Crippen molar-refractivity contribution >= 4 is 5.97 Å². The van der Waals surface area contributed by atoms with Crippen LogP contribution >= 0.6 is 0 Å². The molecule has 0 aromatic rings. The number of carbonyl (C=O) groups excluding carboxylic acids is 1. The number of hydrogen-bond donors (Lipinski definition) is 1. The summed E-state index contributed by atoms with van der Waals surface area (Å²) in [5.41, 5.74) is 0.0833. The Labute approximate surface area is 145 Å². The van der Waals surface area contributed by atoms with Crippen molar-refractivity contribution in [2.75, 3.05) is 7.11 Å². The molecule has 3 heteroatoms. The van der Waals surface area contributed by atoms with Crippen molar-refractivity contribution in [2.45, 2.75) is 71.8 Å². The van der Waals surface area contributed by atoms with Crippen LogP contribution in [-0.2, 0) is 9.53 Å². The third kappa shape index (κ3) is 1.85. The van der Waals surface area contributed by atoms with Crippen molar-refractivity contribution in [3.8, 4) is 0 Å². The SMILES string of the molecule is COC(=O)C1(C)C(O)CCC2(C)C3CCC4(C)C=CC3(CCC21)C4. The van der Waals surface area contributed by atoms with Gasteiger partial charge in [-0.1, -0.05) is 26.0 Å². The van der Waals surface area contributed by atoms with Crippen molar-refractivity contribution in [1.29, 1.82) is 0 Å². The van der Waals surface area contributed by atoms with Crippen LogP contribution in [0, 0.1) is 33.5 Å². The van der Waals surface area contributed by atoms with Crippen LogP contribution in [0.25, 0.3) is 0 Å². The minimum atomic E-state index is -0.758. The molecular weight excluding hydrogens is 300 g/mol. The van der Waals surface area contributed by atoms with Crippen molar-refractivity contribution in [1.82, 2.24) is 0 Å². The lowest BCUT2D eigenvalue weighted by atomic mass is 9.40. The van der Waals surface area contributed by atoms with Crippen molar-refractivity contribution < 1.29 is 14.6 Å². The topological polar surface area (TPSA) is 46.5 Å². The first-order valence-electron chi connectivity index (χ1n) is 9.67. The lowest BCUT2D eigenvalue weighted by Gasteiger charge is -2.64. The van der Waals surface area contributed by atoms with E-state index < -0.39 is 11.5 Å². The number of methoxy groups -OCH3 is 1.